The summed E-state index contributed by atoms with van der Waals surface area (Å²) >= 11 is 0. The van der Waals surface area contributed by atoms with Crippen molar-refractivity contribution < 1.29 is 8.42 Å². The Morgan fingerprint density at radius 3 is 2.95 bits per heavy atom. The van der Waals surface area contributed by atoms with Crippen molar-refractivity contribution in [3.8, 4) is 0 Å². The molecule has 112 valence electrons. The van der Waals surface area contributed by atoms with Gasteiger partial charge in [-0.05, 0) is 37.8 Å². The first kappa shape index (κ1) is 15.3. The van der Waals surface area contributed by atoms with Crippen LogP contribution in [0.5, 0.6) is 0 Å². The molecule has 0 amide bonds. The highest BCUT2D eigenvalue weighted by atomic mass is 32.2. The summed E-state index contributed by atoms with van der Waals surface area (Å²) in [6.45, 7) is 5.41. The van der Waals surface area contributed by atoms with Crippen LogP contribution in [0.25, 0.3) is 0 Å². The zero-order valence-electron chi connectivity index (χ0n) is 12.2. The average molecular weight is 297 g/mol. The lowest BCUT2D eigenvalue weighted by Gasteiger charge is -2.24. The van der Waals surface area contributed by atoms with Gasteiger partial charge >= 0.3 is 0 Å². The van der Waals surface area contributed by atoms with Crippen molar-refractivity contribution >= 4 is 15.8 Å². The highest BCUT2D eigenvalue weighted by molar-refractivity contribution is 7.89. The first-order valence-corrected chi connectivity index (χ1v) is 8.76. The molecule has 1 atom stereocenters. The van der Waals surface area contributed by atoms with E-state index in [0.717, 1.165) is 32.2 Å². The van der Waals surface area contributed by atoms with Gasteiger partial charge in [0.25, 0.3) is 0 Å². The molecule has 20 heavy (non-hydrogen) atoms. The van der Waals surface area contributed by atoms with Gasteiger partial charge in [-0.25, -0.2) is 13.4 Å². The zero-order valence-corrected chi connectivity index (χ0v) is 13.0. The topological polar surface area (TPSA) is 62.3 Å². The van der Waals surface area contributed by atoms with E-state index < -0.39 is 10.0 Å². The Hall–Kier alpha value is -1.14. The van der Waals surface area contributed by atoms with Crippen molar-refractivity contribution in [1.29, 1.82) is 0 Å². The zero-order chi connectivity index (χ0) is 14.6. The van der Waals surface area contributed by atoms with Crippen molar-refractivity contribution in [2.45, 2.75) is 50.5 Å². The smallest absolute Gasteiger partial charge is 0.246 e. The Kier molecular flexibility index (Phi) is 4.99. The molecule has 1 fully saturated rings. The minimum absolute atomic E-state index is 0.124. The van der Waals surface area contributed by atoms with Crippen LogP contribution in [-0.2, 0) is 10.0 Å². The van der Waals surface area contributed by atoms with Crippen LogP contribution in [0, 0.1) is 0 Å². The minimum Gasteiger partial charge on any atom is -0.369 e. The first-order valence-electron chi connectivity index (χ1n) is 7.32. The lowest BCUT2D eigenvalue weighted by molar-refractivity contribution is 0.379. The second-order valence-electron chi connectivity index (χ2n) is 5.10. The summed E-state index contributed by atoms with van der Waals surface area (Å²) < 4.78 is 27.3. The Morgan fingerprint density at radius 2 is 2.25 bits per heavy atom. The van der Waals surface area contributed by atoms with Gasteiger partial charge in [0.15, 0.2) is 0 Å². The molecule has 1 aromatic heterocycles. The van der Waals surface area contributed by atoms with E-state index in [1.807, 2.05) is 13.8 Å². The average Bonchev–Trinajstić information content (AvgIpc) is 2.94. The maximum atomic E-state index is 12.8. The Bertz CT molecular complexity index is 545. The van der Waals surface area contributed by atoms with Crippen LogP contribution in [0.4, 0.5) is 5.82 Å². The Labute approximate surface area is 121 Å². The van der Waals surface area contributed by atoms with Crippen LogP contribution in [-0.4, -0.2) is 36.8 Å². The summed E-state index contributed by atoms with van der Waals surface area (Å²) in [5.41, 5.74) is 0. The number of nitrogens with one attached hydrogen (secondary N) is 1. The molecule has 1 N–H and O–H groups in total. The highest BCUT2D eigenvalue weighted by Gasteiger charge is 2.35. The predicted molar refractivity (Wildman–Crippen MR) is 80.2 cm³/mol. The quantitative estimate of drug-likeness (QED) is 0.876. The molecular formula is C14H23N3O2S. The lowest BCUT2D eigenvalue weighted by atomic mass is 10.2. The standard InChI is InChI=1S/C14H23N3O2S/c1-3-9-15-14-13(8-5-10-16-14)20(18,19)17-11-6-7-12(17)4-2/h5,8,10,12H,3-4,6-7,9,11H2,1-2H3,(H,15,16). The fourth-order valence-electron chi connectivity index (χ4n) is 2.63. The van der Waals surface area contributed by atoms with Gasteiger partial charge in [0.05, 0.1) is 0 Å². The molecule has 0 radical (unpaired) electrons. The number of sulfonamides is 1. The van der Waals surface area contributed by atoms with E-state index in [2.05, 4.69) is 10.3 Å². The molecule has 2 heterocycles. The van der Waals surface area contributed by atoms with Crippen LogP contribution in [0.15, 0.2) is 23.2 Å². The van der Waals surface area contributed by atoms with Gasteiger partial charge in [-0.2, -0.15) is 4.31 Å². The first-order chi connectivity index (χ1) is 9.61. The van der Waals surface area contributed by atoms with Crippen molar-refractivity contribution in [2.75, 3.05) is 18.4 Å². The molecule has 1 aliphatic heterocycles. The van der Waals surface area contributed by atoms with Gasteiger partial charge in [0, 0.05) is 25.3 Å². The molecule has 5 nitrogen and oxygen atoms in total. The van der Waals surface area contributed by atoms with Crippen molar-refractivity contribution in [3.05, 3.63) is 18.3 Å². The van der Waals surface area contributed by atoms with Gasteiger partial charge in [-0.15, -0.1) is 0 Å². The monoisotopic (exact) mass is 297 g/mol. The molecule has 1 aliphatic rings. The van der Waals surface area contributed by atoms with E-state index >= 15 is 0 Å². The summed E-state index contributed by atoms with van der Waals surface area (Å²) in [5.74, 6) is 0.469. The SMILES string of the molecule is CCCNc1ncccc1S(=O)(=O)N1CCCC1CC. The molecular weight excluding hydrogens is 274 g/mol. The third-order valence-corrected chi connectivity index (χ3v) is 5.68. The lowest BCUT2D eigenvalue weighted by Crippen LogP contribution is -2.35. The van der Waals surface area contributed by atoms with Gasteiger partial charge in [-0.3, -0.25) is 0 Å². The van der Waals surface area contributed by atoms with Crippen LogP contribution in [0.2, 0.25) is 0 Å². The van der Waals surface area contributed by atoms with Crippen LogP contribution in [0.3, 0.4) is 0 Å². The number of nitrogens with zero attached hydrogens (tertiary/aromatic N) is 2. The van der Waals surface area contributed by atoms with Crippen LogP contribution < -0.4 is 5.32 Å². The van der Waals surface area contributed by atoms with Gasteiger partial charge in [-0.1, -0.05) is 13.8 Å². The number of aromatic nitrogens is 1. The van der Waals surface area contributed by atoms with Crippen LogP contribution >= 0.6 is 0 Å². The maximum Gasteiger partial charge on any atom is 0.246 e. The largest absolute Gasteiger partial charge is 0.369 e. The fourth-order valence-corrected chi connectivity index (χ4v) is 4.52. The van der Waals surface area contributed by atoms with Gasteiger partial charge < -0.3 is 5.32 Å². The third-order valence-electron chi connectivity index (χ3n) is 3.69. The summed E-state index contributed by atoms with van der Waals surface area (Å²) in [7, 11) is -3.45. The van der Waals surface area contributed by atoms with E-state index in [4.69, 9.17) is 0 Å². The number of pyridine rings is 1. The number of hydrogen-bond acceptors (Lipinski definition) is 4. The molecule has 0 aliphatic carbocycles. The van der Waals surface area contributed by atoms with Gasteiger partial charge in [0.1, 0.15) is 10.7 Å². The fraction of sp³-hybridized carbons (Fsp3) is 0.643. The van der Waals surface area contributed by atoms with E-state index in [9.17, 15) is 8.42 Å². The number of anilines is 1. The summed E-state index contributed by atoms with van der Waals surface area (Å²) in [6.07, 6.45) is 5.30. The molecule has 0 saturated carbocycles. The molecule has 1 aromatic rings. The van der Waals surface area contributed by atoms with Crippen LogP contribution in [0.1, 0.15) is 39.5 Å². The van der Waals surface area contributed by atoms with E-state index in [1.165, 1.54) is 0 Å². The highest BCUT2D eigenvalue weighted by Crippen LogP contribution is 2.30. The maximum absolute atomic E-state index is 12.8. The summed E-state index contributed by atoms with van der Waals surface area (Å²) in [5, 5.41) is 3.11. The molecule has 1 saturated heterocycles. The normalized spacial score (nSPS) is 20.2. The Morgan fingerprint density at radius 1 is 1.45 bits per heavy atom. The van der Waals surface area contributed by atoms with E-state index in [1.54, 1.807) is 22.6 Å². The third kappa shape index (κ3) is 2.96. The summed E-state index contributed by atoms with van der Waals surface area (Å²) in [6, 6.07) is 3.45. The molecule has 6 heteroatoms. The van der Waals surface area contributed by atoms with Crippen molar-refractivity contribution in [1.82, 2.24) is 9.29 Å². The van der Waals surface area contributed by atoms with E-state index in [0.29, 0.717) is 17.3 Å². The Balaban J connectivity index is 2.34. The van der Waals surface area contributed by atoms with Gasteiger partial charge in [0.2, 0.25) is 10.0 Å². The second kappa shape index (κ2) is 6.54. The van der Waals surface area contributed by atoms with Crippen molar-refractivity contribution in [3.63, 3.8) is 0 Å². The predicted octanol–water partition coefficient (Wildman–Crippen LogP) is 2.47. The van der Waals surface area contributed by atoms with Crippen molar-refractivity contribution in [2.24, 2.45) is 0 Å². The molecule has 1 unspecified atom stereocenters. The number of hydrogen-bond donors (Lipinski definition) is 1. The molecule has 0 aromatic carbocycles. The summed E-state index contributed by atoms with van der Waals surface area (Å²) in [4.78, 5) is 4.49. The molecule has 0 spiro atoms. The van der Waals surface area contributed by atoms with E-state index in [-0.39, 0.29) is 6.04 Å². The molecule has 2 rings (SSSR count). The second-order valence-corrected chi connectivity index (χ2v) is 6.96. The molecule has 0 bridgehead atoms. The minimum atomic E-state index is -3.45. The number of rotatable bonds is 6.